The first-order valence-corrected chi connectivity index (χ1v) is 7.47. The molecule has 0 bridgehead atoms. The van der Waals surface area contributed by atoms with Crippen molar-refractivity contribution in [3.8, 4) is 0 Å². The van der Waals surface area contributed by atoms with Crippen molar-refractivity contribution < 1.29 is 4.79 Å². The number of hydrogen-bond donors (Lipinski definition) is 0. The van der Waals surface area contributed by atoms with Crippen LogP contribution in [0, 0.1) is 0 Å². The highest BCUT2D eigenvalue weighted by atomic mass is 16.2. The van der Waals surface area contributed by atoms with Crippen LogP contribution < -0.4 is 4.90 Å². The first-order chi connectivity index (χ1) is 9.70. The average molecular weight is 275 g/mol. The van der Waals surface area contributed by atoms with Crippen molar-refractivity contribution >= 4 is 11.6 Å². The van der Waals surface area contributed by atoms with Crippen LogP contribution in [0.2, 0.25) is 0 Å². The second-order valence-corrected chi connectivity index (χ2v) is 5.32. The molecule has 1 saturated heterocycles. The summed E-state index contributed by atoms with van der Waals surface area (Å²) in [6, 6.07) is 10.2. The zero-order chi connectivity index (χ0) is 14.4. The number of carbonyl (C=O) groups excluding carboxylic acids is 1. The lowest BCUT2D eigenvalue weighted by Crippen LogP contribution is -2.48. The molecule has 0 N–H and O–H groups in total. The Morgan fingerprint density at radius 3 is 2.40 bits per heavy atom. The number of rotatable bonds is 5. The molecule has 110 valence electrons. The van der Waals surface area contributed by atoms with Gasteiger partial charge in [-0.3, -0.25) is 4.79 Å². The van der Waals surface area contributed by atoms with E-state index < -0.39 is 0 Å². The van der Waals surface area contributed by atoms with Gasteiger partial charge in [0, 0.05) is 51.9 Å². The summed E-state index contributed by atoms with van der Waals surface area (Å²) in [5.74, 6) is 0.281. The molecule has 0 aliphatic carbocycles. The maximum absolute atomic E-state index is 12.2. The molecular weight excluding hydrogens is 250 g/mol. The van der Waals surface area contributed by atoms with Crippen LogP contribution in [0.3, 0.4) is 0 Å². The van der Waals surface area contributed by atoms with E-state index in [1.165, 1.54) is 0 Å². The summed E-state index contributed by atoms with van der Waals surface area (Å²) in [6.45, 7) is 7.80. The Hall–Kier alpha value is -1.55. The van der Waals surface area contributed by atoms with Gasteiger partial charge < -0.3 is 14.7 Å². The highest BCUT2D eigenvalue weighted by molar-refractivity contribution is 5.77. The molecule has 0 atom stereocenters. The fourth-order valence-corrected chi connectivity index (χ4v) is 2.55. The van der Waals surface area contributed by atoms with Crippen molar-refractivity contribution in [3.63, 3.8) is 0 Å². The Labute approximate surface area is 122 Å². The van der Waals surface area contributed by atoms with Crippen LogP contribution in [0.4, 0.5) is 5.69 Å². The number of carbonyl (C=O) groups is 1. The number of hydrogen-bond acceptors (Lipinski definition) is 3. The van der Waals surface area contributed by atoms with Crippen LogP contribution >= 0.6 is 0 Å². The number of anilines is 1. The van der Waals surface area contributed by atoms with E-state index in [4.69, 9.17) is 0 Å². The largest absolute Gasteiger partial charge is 0.374 e. The van der Waals surface area contributed by atoms with Gasteiger partial charge in [0.1, 0.15) is 0 Å². The molecular formula is C16H25N3O. The van der Waals surface area contributed by atoms with E-state index in [9.17, 15) is 4.79 Å². The second kappa shape index (κ2) is 7.29. The van der Waals surface area contributed by atoms with Crippen LogP contribution in [-0.2, 0) is 4.79 Å². The Bertz CT molecular complexity index is 413. The lowest BCUT2D eigenvalue weighted by Gasteiger charge is -2.34. The molecule has 1 aromatic rings. The van der Waals surface area contributed by atoms with E-state index in [0.29, 0.717) is 6.42 Å². The molecule has 0 spiro atoms. The molecule has 1 amide bonds. The highest BCUT2D eigenvalue weighted by Gasteiger charge is 2.19. The number of piperazine rings is 1. The van der Waals surface area contributed by atoms with E-state index in [1.807, 2.05) is 30.1 Å². The Morgan fingerprint density at radius 2 is 1.80 bits per heavy atom. The van der Waals surface area contributed by atoms with Gasteiger partial charge in [-0.15, -0.1) is 0 Å². The molecule has 0 unspecified atom stereocenters. The normalized spacial score (nSPS) is 16.2. The number of nitrogens with zero attached hydrogens (tertiary/aromatic N) is 3. The van der Waals surface area contributed by atoms with Gasteiger partial charge in [0.15, 0.2) is 0 Å². The molecule has 1 fully saturated rings. The Balaban J connectivity index is 1.75. The summed E-state index contributed by atoms with van der Waals surface area (Å²) >= 11 is 0. The van der Waals surface area contributed by atoms with Crippen molar-refractivity contribution in [2.24, 2.45) is 0 Å². The predicted molar refractivity (Wildman–Crippen MR) is 83.0 cm³/mol. The molecule has 2 rings (SSSR count). The van der Waals surface area contributed by atoms with Gasteiger partial charge >= 0.3 is 0 Å². The van der Waals surface area contributed by atoms with Gasteiger partial charge in [0.05, 0.1) is 0 Å². The molecule has 0 radical (unpaired) electrons. The lowest BCUT2D eigenvalue weighted by atomic mass is 10.2. The Morgan fingerprint density at radius 1 is 1.15 bits per heavy atom. The average Bonchev–Trinajstić information content (AvgIpc) is 2.53. The molecule has 0 saturated carbocycles. The first kappa shape index (κ1) is 14.9. The molecule has 4 nitrogen and oxygen atoms in total. The topological polar surface area (TPSA) is 26.8 Å². The Kier molecular flexibility index (Phi) is 5.41. The van der Waals surface area contributed by atoms with Crippen LogP contribution in [-0.4, -0.2) is 62.0 Å². The van der Waals surface area contributed by atoms with Gasteiger partial charge in [-0.1, -0.05) is 25.1 Å². The molecule has 0 aromatic heterocycles. The van der Waals surface area contributed by atoms with Gasteiger partial charge in [0.25, 0.3) is 0 Å². The van der Waals surface area contributed by atoms with Crippen molar-refractivity contribution in [3.05, 3.63) is 30.3 Å². The van der Waals surface area contributed by atoms with E-state index in [1.54, 1.807) is 0 Å². The summed E-state index contributed by atoms with van der Waals surface area (Å²) < 4.78 is 0. The monoisotopic (exact) mass is 275 g/mol. The molecule has 1 aromatic carbocycles. The van der Waals surface area contributed by atoms with Crippen LogP contribution in [0.5, 0.6) is 0 Å². The van der Waals surface area contributed by atoms with Gasteiger partial charge in [-0.05, 0) is 18.7 Å². The maximum atomic E-state index is 12.2. The zero-order valence-electron chi connectivity index (χ0n) is 12.6. The minimum atomic E-state index is 0.281. The summed E-state index contributed by atoms with van der Waals surface area (Å²) in [6.07, 6.45) is 0.595. The summed E-state index contributed by atoms with van der Waals surface area (Å²) in [5.41, 5.74) is 1.16. The highest BCUT2D eigenvalue weighted by Crippen LogP contribution is 2.12. The standard InChI is InChI=1S/C16H25N3O/c1-3-18-11-13-19(14-12-18)16(20)9-10-17(2)15-7-5-4-6-8-15/h4-8H,3,9-14H2,1-2H3. The maximum Gasteiger partial charge on any atom is 0.224 e. The van der Waals surface area contributed by atoms with Crippen molar-refractivity contribution in [2.45, 2.75) is 13.3 Å². The number of benzene rings is 1. The molecule has 4 heteroatoms. The third-order valence-corrected chi connectivity index (χ3v) is 4.03. The van der Waals surface area contributed by atoms with Crippen molar-refractivity contribution in [2.75, 3.05) is 51.2 Å². The summed E-state index contributed by atoms with van der Waals surface area (Å²) in [4.78, 5) is 18.7. The minimum Gasteiger partial charge on any atom is -0.374 e. The molecule has 20 heavy (non-hydrogen) atoms. The number of para-hydroxylation sites is 1. The van der Waals surface area contributed by atoms with E-state index in [-0.39, 0.29) is 5.91 Å². The third-order valence-electron chi connectivity index (χ3n) is 4.03. The van der Waals surface area contributed by atoms with Crippen LogP contribution in [0.25, 0.3) is 0 Å². The minimum absolute atomic E-state index is 0.281. The van der Waals surface area contributed by atoms with Crippen molar-refractivity contribution in [1.82, 2.24) is 9.80 Å². The zero-order valence-corrected chi connectivity index (χ0v) is 12.6. The quantitative estimate of drug-likeness (QED) is 0.818. The first-order valence-electron chi connectivity index (χ1n) is 7.47. The predicted octanol–water partition coefficient (Wildman–Crippen LogP) is 1.68. The summed E-state index contributed by atoms with van der Waals surface area (Å²) in [7, 11) is 2.04. The van der Waals surface area contributed by atoms with Gasteiger partial charge in [0.2, 0.25) is 5.91 Å². The smallest absolute Gasteiger partial charge is 0.224 e. The molecule has 1 heterocycles. The van der Waals surface area contributed by atoms with Gasteiger partial charge in [-0.2, -0.15) is 0 Å². The third kappa shape index (κ3) is 3.97. The molecule has 1 aliphatic heterocycles. The van der Waals surface area contributed by atoms with E-state index >= 15 is 0 Å². The lowest BCUT2D eigenvalue weighted by molar-refractivity contribution is -0.132. The fourth-order valence-electron chi connectivity index (χ4n) is 2.55. The fraction of sp³-hybridized carbons (Fsp3) is 0.562. The second-order valence-electron chi connectivity index (χ2n) is 5.32. The number of amides is 1. The van der Waals surface area contributed by atoms with Crippen LogP contribution in [0.1, 0.15) is 13.3 Å². The number of likely N-dealkylation sites (N-methyl/N-ethyl adjacent to an activating group) is 1. The SMILES string of the molecule is CCN1CCN(C(=O)CCN(C)c2ccccc2)CC1. The summed E-state index contributed by atoms with van der Waals surface area (Å²) in [5, 5.41) is 0. The van der Waals surface area contributed by atoms with Crippen molar-refractivity contribution in [1.29, 1.82) is 0 Å². The van der Waals surface area contributed by atoms with Crippen LogP contribution in [0.15, 0.2) is 30.3 Å². The molecule has 1 aliphatic rings. The van der Waals surface area contributed by atoms with E-state index in [0.717, 1.165) is 45.0 Å². The van der Waals surface area contributed by atoms with Gasteiger partial charge in [-0.25, -0.2) is 0 Å². The van der Waals surface area contributed by atoms with E-state index in [2.05, 4.69) is 28.9 Å².